The Balaban J connectivity index is 1.28. The van der Waals surface area contributed by atoms with Crippen molar-refractivity contribution >= 4 is 16.9 Å². The SMILES string of the molecule is Cc1ccc(O[C@@H]2C[C@@H]3CN(C(=O)c4ccc5occc5c4)C[C@@H]3C[C@H]2O)c(C)n1. The number of aryl methyl sites for hydroxylation is 2. The standard InChI is InChI=1S/C24H26N2O4/c1-14-3-5-21(15(2)25-14)30-23-11-19-13-26(12-18(19)10-20(23)27)24(28)17-4-6-22-16(9-17)7-8-29-22/h3-9,18-20,23,27H,10-13H2,1-2H3/t18-,19+,20+,23+/m0/s1. The lowest BCUT2D eigenvalue weighted by Gasteiger charge is -2.35. The first-order valence-corrected chi connectivity index (χ1v) is 10.5. The number of furan rings is 1. The summed E-state index contributed by atoms with van der Waals surface area (Å²) in [5.41, 5.74) is 3.24. The largest absolute Gasteiger partial charge is 0.486 e. The molecule has 0 unspecified atom stereocenters. The van der Waals surface area contributed by atoms with Crippen molar-refractivity contribution in [2.75, 3.05) is 13.1 Å². The third-order valence-electron chi connectivity index (χ3n) is 6.53. The summed E-state index contributed by atoms with van der Waals surface area (Å²) in [4.78, 5) is 19.5. The van der Waals surface area contributed by atoms with Gasteiger partial charge in [0.15, 0.2) is 0 Å². The number of rotatable bonds is 3. The average Bonchev–Trinajstić information content (AvgIpc) is 3.35. The van der Waals surface area contributed by atoms with Crippen LogP contribution in [0, 0.1) is 25.7 Å². The molecule has 1 aliphatic carbocycles. The molecule has 3 heterocycles. The van der Waals surface area contributed by atoms with Crippen LogP contribution in [0.5, 0.6) is 5.75 Å². The molecule has 2 fully saturated rings. The molecule has 30 heavy (non-hydrogen) atoms. The zero-order valence-electron chi connectivity index (χ0n) is 17.2. The Morgan fingerprint density at radius 3 is 2.73 bits per heavy atom. The predicted molar refractivity (Wildman–Crippen MR) is 112 cm³/mol. The summed E-state index contributed by atoms with van der Waals surface area (Å²) in [5, 5.41) is 11.6. The molecule has 2 aromatic heterocycles. The van der Waals surface area contributed by atoms with E-state index >= 15 is 0 Å². The van der Waals surface area contributed by atoms with Crippen LogP contribution in [0.1, 0.15) is 34.6 Å². The number of aliphatic hydroxyl groups excluding tert-OH is 1. The van der Waals surface area contributed by atoms with Gasteiger partial charge in [0.05, 0.1) is 18.1 Å². The first-order chi connectivity index (χ1) is 14.5. The van der Waals surface area contributed by atoms with Crippen LogP contribution in [-0.4, -0.2) is 46.2 Å². The van der Waals surface area contributed by atoms with Crippen molar-refractivity contribution in [2.45, 2.75) is 38.9 Å². The molecule has 1 aromatic carbocycles. The minimum Gasteiger partial charge on any atom is -0.486 e. The van der Waals surface area contributed by atoms with Gasteiger partial charge >= 0.3 is 0 Å². The Labute approximate surface area is 175 Å². The number of hydrogen-bond acceptors (Lipinski definition) is 5. The van der Waals surface area contributed by atoms with Crippen LogP contribution < -0.4 is 4.74 Å². The molecule has 2 aliphatic rings. The fourth-order valence-electron chi connectivity index (χ4n) is 4.93. The minimum absolute atomic E-state index is 0.0398. The Morgan fingerprint density at radius 2 is 1.93 bits per heavy atom. The third kappa shape index (κ3) is 3.45. The highest BCUT2D eigenvalue weighted by atomic mass is 16.5. The van der Waals surface area contributed by atoms with Crippen molar-refractivity contribution in [2.24, 2.45) is 11.8 Å². The van der Waals surface area contributed by atoms with E-state index in [4.69, 9.17) is 9.15 Å². The van der Waals surface area contributed by atoms with E-state index in [9.17, 15) is 9.90 Å². The number of nitrogens with zero attached hydrogens (tertiary/aromatic N) is 2. The second-order valence-electron chi connectivity index (χ2n) is 8.63. The summed E-state index contributed by atoms with van der Waals surface area (Å²) < 4.78 is 11.5. The van der Waals surface area contributed by atoms with Gasteiger partial charge in [0.1, 0.15) is 17.4 Å². The van der Waals surface area contributed by atoms with Gasteiger partial charge in [0.25, 0.3) is 5.91 Å². The van der Waals surface area contributed by atoms with E-state index in [-0.39, 0.29) is 12.0 Å². The molecule has 4 atom stereocenters. The Hall–Kier alpha value is -2.86. The van der Waals surface area contributed by atoms with Crippen LogP contribution in [0.25, 0.3) is 11.0 Å². The molecular formula is C24H26N2O4. The van der Waals surface area contributed by atoms with Crippen molar-refractivity contribution < 1.29 is 19.1 Å². The zero-order valence-corrected chi connectivity index (χ0v) is 17.2. The first kappa shape index (κ1) is 19.1. The van der Waals surface area contributed by atoms with Crippen molar-refractivity contribution in [1.29, 1.82) is 0 Å². The van der Waals surface area contributed by atoms with Gasteiger partial charge in [-0.15, -0.1) is 0 Å². The second kappa shape index (κ2) is 7.43. The molecule has 0 spiro atoms. The molecule has 1 saturated heterocycles. The fourth-order valence-corrected chi connectivity index (χ4v) is 4.93. The highest BCUT2D eigenvalue weighted by Gasteiger charge is 2.44. The number of aliphatic hydroxyl groups is 1. The van der Waals surface area contributed by atoms with Crippen LogP contribution in [0.2, 0.25) is 0 Å². The molecule has 1 saturated carbocycles. The van der Waals surface area contributed by atoms with Crippen molar-refractivity contribution in [3.05, 3.63) is 59.6 Å². The number of pyridine rings is 1. The zero-order chi connectivity index (χ0) is 20.8. The van der Waals surface area contributed by atoms with E-state index in [1.165, 1.54) is 0 Å². The van der Waals surface area contributed by atoms with E-state index in [1.54, 1.807) is 6.26 Å². The van der Waals surface area contributed by atoms with E-state index in [0.29, 0.717) is 36.9 Å². The lowest BCUT2D eigenvalue weighted by molar-refractivity contribution is -0.0236. The maximum atomic E-state index is 13.1. The van der Waals surface area contributed by atoms with Crippen LogP contribution in [0.15, 0.2) is 47.1 Å². The normalized spacial score (nSPS) is 26.0. The number of carbonyl (C=O) groups excluding carboxylic acids is 1. The van der Waals surface area contributed by atoms with Gasteiger partial charge in [-0.1, -0.05) is 0 Å². The summed E-state index contributed by atoms with van der Waals surface area (Å²) in [5.74, 6) is 1.40. The molecule has 6 nitrogen and oxygen atoms in total. The molecular weight excluding hydrogens is 380 g/mol. The number of amides is 1. The second-order valence-corrected chi connectivity index (χ2v) is 8.63. The van der Waals surface area contributed by atoms with Crippen LogP contribution in [-0.2, 0) is 0 Å². The molecule has 1 amide bonds. The average molecular weight is 406 g/mol. The maximum absolute atomic E-state index is 13.1. The van der Waals surface area contributed by atoms with Gasteiger partial charge in [-0.2, -0.15) is 0 Å². The molecule has 0 bridgehead atoms. The van der Waals surface area contributed by atoms with E-state index < -0.39 is 6.10 Å². The lowest BCUT2D eigenvalue weighted by atomic mass is 9.78. The van der Waals surface area contributed by atoms with Gasteiger partial charge in [0, 0.05) is 29.7 Å². The number of carbonyl (C=O) groups is 1. The Morgan fingerprint density at radius 1 is 1.13 bits per heavy atom. The molecule has 3 aromatic rings. The quantitative estimate of drug-likeness (QED) is 0.717. The van der Waals surface area contributed by atoms with Gasteiger partial charge in [-0.05, 0) is 74.9 Å². The summed E-state index contributed by atoms with van der Waals surface area (Å²) >= 11 is 0. The summed E-state index contributed by atoms with van der Waals surface area (Å²) in [7, 11) is 0. The Bertz CT molecular complexity index is 1090. The fraction of sp³-hybridized carbons (Fsp3) is 0.417. The first-order valence-electron chi connectivity index (χ1n) is 10.5. The maximum Gasteiger partial charge on any atom is 0.253 e. The van der Waals surface area contributed by atoms with Gasteiger partial charge in [0.2, 0.25) is 0 Å². The molecule has 1 aliphatic heterocycles. The van der Waals surface area contributed by atoms with Crippen LogP contribution >= 0.6 is 0 Å². The predicted octanol–water partition coefficient (Wildman–Crippen LogP) is 3.74. The van der Waals surface area contributed by atoms with Crippen molar-refractivity contribution in [1.82, 2.24) is 9.88 Å². The number of benzene rings is 1. The monoisotopic (exact) mass is 406 g/mol. The highest BCUT2D eigenvalue weighted by molar-refractivity contribution is 5.97. The van der Waals surface area contributed by atoms with Crippen molar-refractivity contribution in [3.63, 3.8) is 0 Å². The molecule has 1 N–H and O–H groups in total. The van der Waals surface area contributed by atoms with E-state index in [2.05, 4.69) is 4.98 Å². The number of aromatic nitrogens is 1. The van der Waals surface area contributed by atoms with Crippen molar-refractivity contribution in [3.8, 4) is 5.75 Å². The highest BCUT2D eigenvalue weighted by Crippen LogP contribution is 2.39. The molecule has 156 valence electrons. The van der Waals surface area contributed by atoms with Crippen LogP contribution in [0.3, 0.4) is 0 Å². The van der Waals surface area contributed by atoms with Gasteiger partial charge in [-0.25, -0.2) is 0 Å². The topological polar surface area (TPSA) is 75.8 Å². The Kier molecular flexibility index (Phi) is 4.74. The smallest absolute Gasteiger partial charge is 0.253 e. The molecule has 0 radical (unpaired) electrons. The number of ether oxygens (including phenoxy) is 1. The van der Waals surface area contributed by atoms with Gasteiger partial charge < -0.3 is 19.2 Å². The lowest BCUT2D eigenvalue weighted by Crippen LogP contribution is -2.42. The number of hydrogen-bond donors (Lipinski definition) is 1. The minimum atomic E-state index is -0.538. The summed E-state index contributed by atoms with van der Waals surface area (Å²) in [6.45, 7) is 5.25. The molecule has 6 heteroatoms. The summed E-state index contributed by atoms with van der Waals surface area (Å²) in [6, 6.07) is 11.3. The number of likely N-dealkylation sites (tertiary alicyclic amines) is 1. The summed E-state index contributed by atoms with van der Waals surface area (Å²) in [6.07, 6.45) is 2.22. The van der Waals surface area contributed by atoms with Crippen LogP contribution in [0.4, 0.5) is 0 Å². The number of fused-ring (bicyclic) bond motifs is 2. The van der Waals surface area contributed by atoms with E-state index in [0.717, 1.165) is 34.5 Å². The molecule has 5 rings (SSSR count). The van der Waals surface area contributed by atoms with E-state index in [1.807, 2.05) is 55.1 Å². The van der Waals surface area contributed by atoms with Gasteiger partial charge in [-0.3, -0.25) is 9.78 Å². The third-order valence-corrected chi connectivity index (χ3v) is 6.53.